The Hall–Kier alpha value is -1.54. The van der Waals surface area contributed by atoms with Crippen LogP contribution in [-0.4, -0.2) is 24.2 Å². The van der Waals surface area contributed by atoms with E-state index in [1.807, 2.05) is 19.1 Å². The van der Waals surface area contributed by atoms with Crippen molar-refractivity contribution in [3.05, 3.63) is 28.2 Å². The summed E-state index contributed by atoms with van der Waals surface area (Å²) < 4.78 is 0.880. The molecule has 0 amide bonds. The van der Waals surface area contributed by atoms with E-state index in [1.54, 1.807) is 6.07 Å². The molecule has 0 unspecified atom stereocenters. The summed E-state index contributed by atoms with van der Waals surface area (Å²) in [6, 6.07) is 7.87. The molecule has 1 N–H and O–H groups in total. The van der Waals surface area contributed by atoms with Crippen LogP contribution < -0.4 is 4.90 Å². The summed E-state index contributed by atoms with van der Waals surface area (Å²) in [6.07, 6.45) is 2.88. The first-order valence-corrected chi connectivity index (χ1v) is 8.00. The van der Waals surface area contributed by atoms with Crippen molar-refractivity contribution in [2.45, 2.75) is 32.6 Å². The summed E-state index contributed by atoms with van der Waals surface area (Å²) in [6.45, 7) is 3.39. The minimum Gasteiger partial charge on any atom is -0.481 e. The predicted octanol–water partition coefficient (Wildman–Crippen LogP) is 3.79. The summed E-state index contributed by atoms with van der Waals surface area (Å²) in [5.74, 6) is -0.680. The summed E-state index contributed by atoms with van der Waals surface area (Å²) in [4.78, 5) is 13.7. The Balaban J connectivity index is 2.18. The van der Waals surface area contributed by atoms with E-state index in [0.29, 0.717) is 31.5 Å². The van der Waals surface area contributed by atoms with Gasteiger partial charge in [-0.15, -0.1) is 0 Å². The van der Waals surface area contributed by atoms with E-state index < -0.39 is 11.4 Å². The molecule has 0 atom stereocenters. The molecule has 0 saturated carbocycles. The number of nitrogens with zero attached hydrogens (tertiary/aromatic N) is 2. The number of anilines is 1. The SMILES string of the molecule is CCCC1(C(=O)O)CCN(c2ccc(Br)cc2C#N)CC1. The van der Waals surface area contributed by atoms with E-state index in [-0.39, 0.29) is 0 Å². The van der Waals surface area contributed by atoms with Crippen molar-refractivity contribution in [2.24, 2.45) is 5.41 Å². The van der Waals surface area contributed by atoms with Gasteiger partial charge in [-0.25, -0.2) is 0 Å². The van der Waals surface area contributed by atoms with E-state index in [1.165, 1.54) is 0 Å². The van der Waals surface area contributed by atoms with Crippen LogP contribution in [0.3, 0.4) is 0 Å². The van der Waals surface area contributed by atoms with Gasteiger partial charge in [0.2, 0.25) is 0 Å². The lowest BCUT2D eigenvalue weighted by molar-refractivity contribution is -0.150. The molecule has 0 bridgehead atoms. The Morgan fingerprint density at radius 1 is 1.48 bits per heavy atom. The van der Waals surface area contributed by atoms with Crippen LogP contribution in [0.1, 0.15) is 38.2 Å². The van der Waals surface area contributed by atoms with Crippen molar-refractivity contribution in [3.8, 4) is 6.07 Å². The fraction of sp³-hybridized carbons (Fsp3) is 0.500. The van der Waals surface area contributed by atoms with Gasteiger partial charge in [-0.1, -0.05) is 29.3 Å². The van der Waals surface area contributed by atoms with E-state index in [4.69, 9.17) is 0 Å². The summed E-state index contributed by atoms with van der Waals surface area (Å²) in [5, 5.41) is 18.8. The second-order valence-electron chi connectivity index (χ2n) is 5.60. The van der Waals surface area contributed by atoms with Crippen LogP contribution in [0.5, 0.6) is 0 Å². The van der Waals surface area contributed by atoms with Crippen molar-refractivity contribution in [2.75, 3.05) is 18.0 Å². The molecule has 0 aromatic heterocycles. The topological polar surface area (TPSA) is 64.3 Å². The number of rotatable bonds is 4. The fourth-order valence-corrected chi connectivity index (χ4v) is 3.46. The number of piperidine rings is 1. The molecule has 112 valence electrons. The molecule has 5 heteroatoms. The third-order valence-corrected chi connectivity index (χ3v) is 4.82. The highest BCUT2D eigenvalue weighted by molar-refractivity contribution is 9.10. The van der Waals surface area contributed by atoms with Crippen molar-refractivity contribution >= 4 is 27.6 Å². The van der Waals surface area contributed by atoms with Crippen molar-refractivity contribution < 1.29 is 9.90 Å². The Morgan fingerprint density at radius 2 is 2.14 bits per heavy atom. The Kier molecular flexibility index (Phi) is 4.89. The second-order valence-corrected chi connectivity index (χ2v) is 6.51. The van der Waals surface area contributed by atoms with E-state index in [0.717, 1.165) is 23.0 Å². The molecule has 1 aromatic carbocycles. The molecule has 1 fully saturated rings. The van der Waals surface area contributed by atoms with Gasteiger partial charge >= 0.3 is 5.97 Å². The third kappa shape index (κ3) is 3.21. The Bertz CT molecular complexity index is 572. The van der Waals surface area contributed by atoms with Gasteiger partial charge in [-0.3, -0.25) is 4.79 Å². The first kappa shape index (κ1) is 15.8. The minimum atomic E-state index is -0.680. The molecule has 0 radical (unpaired) electrons. The van der Waals surface area contributed by atoms with Gasteiger partial charge in [0.1, 0.15) is 6.07 Å². The monoisotopic (exact) mass is 350 g/mol. The quantitative estimate of drug-likeness (QED) is 0.896. The predicted molar refractivity (Wildman–Crippen MR) is 85.3 cm³/mol. The van der Waals surface area contributed by atoms with Crippen LogP contribution in [0.15, 0.2) is 22.7 Å². The third-order valence-electron chi connectivity index (χ3n) is 4.32. The molecule has 0 aliphatic carbocycles. The number of carboxylic acids is 1. The molecule has 1 heterocycles. The minimum absolute atomic E-state index is 0.590. The van der Waals surface area contributed by atoms with Crippen LogP contribution in [0.25, 0.3) is 0 Å². The highest BCUT2D eigenvalue weighted by atomic mass is 79.9. The zero-order chi connectivity index (χ0) is 15.5. The number of aliphatic carboxylic acids is 1. The highest BCUT2D eigenvalue weighted by Crippen LogP contribution is 2.38. The summed E-state index contributed by atoms with van der Waals surface area (Å²) in [5.41, 5.74) is 0.937. The van der Waals surface area contributed by atoms with Crippen LogP contribution in [0.4, 0.5) is 5.69 Å². The van der Waals surface area contributed by atoms with E-state index >= 15 is 0 Å². The number of carboxylic acid groups (broad SMARTS) is 1. The van der Waals surface area contributed by atoms with Gasteiger partial charge in [-0.2, -0.15) is 5.26 Å². The number of hydrogen-bond donors (Lipinski definition) is 1. The van der Waals surface area contributed by atoms with Gasteiger partial charge in [0.15, 0.2) is 0 Å². The van der Waals surface area contributed by atoms with Gasteiger partial charge in [0, 0.05) is 17.6 Å². The van der Waals surface area contributed by atoms with Gasteiger partial charge < -0.3 is 10.0 Å². The van der Waals surface area contributed by atoms with Gasteiger partial charge in [-0.05, 0) is 37.5 Å². The molecular formula is C16H19BrN2O2. The smallest absolute Gasteiger partial charge is 0.309 e. The largest absolute Gasteiger partial charge is 0.481 e. The molecular weight excluding hydrogens is 332 g/mol. The second kappa shape index (κ2) is 6.48. The van der Waals surface area contributed by atoms with Gasteiger partial charge in [0.05, 0.1) is 16.7 Å². The van der Waals surface area contributed by atoms with E-state index in [2.05, 4.69) is 26.9 Å². The lowest BCUT2D eigenvalue weighted by atomic mass is 9.75. The summed E-state index contributed by atoms with van der Waals surface area (Å²) in [7, 11) is 0. The maximum atomic E-state index is 11.6. The fourth-order valence-electron chi connectivity index (χ4n) is 3.10. The van der Waals surface area contributed by atoms with Gasteiger partial charge in [0.25, 0.3) is 0 Å². The molecule has 1 aliphatic rings. The maximum Gasteiger partial charge on any atom is 0.309 e. The van der Waals surface area contributed by atoms with Crippen molar-refractivity contribution in [3.63, 3.8) is 0 Å². The highest BCUT2D eigenvalue weighted by Gasteiger charge is 2.40. The van der Waals surface area contributed by atoms with Crippen molar-refractivity contribution in [1.29, 1.82) is 5.26 Å². The molecule has 21 heavy (non-hydrogen) atoms. The van der Waals surface area contributed by atoms with Crippen LogP contribution >= 0.6 is 15.9 Å². The first-order chi connectivity index (χ1) is 10.0. The number of benzene rings is 1. The van der Waals surface area contributed by atoms with Crippen molar-refractivity contribution in [1.82, 2.24) is 0 Å². The average molecular weight is 351 g/mol. The average Bonchev–Trinajstić information content (AvgIpc) is 2.48. The first-order valence-electron chi connectivity index (χ1n) is 7.20. The molecule has 1 aromatic rings. The number of hydrogen-bond acceptors (Lipinski definition) is 3. The standard InChI is InChI=1S/C16H19BrN2O2/c1-2-5-16(15(20)21)6-8-19(9-7-16)14-4-3-13(17)10-12(14)11-18/h3-4,10H,2,5-9H2,1H3,(H,20,21). The lowest BCUT2D eigenvalue weighted by Gasteiger charge is -2.40. The van der Waals surface area contributed by atoms with Crippen LogP contribution in [0, 0.1) is 16.7 Å². The zero-order valence-corrected chi connectivity index (χ0v) is 13.7. The molecule has 2 rings (SSSR count). The van der Waals surface area contributed by atoms with E-state index in [9.17, 15) is 15.2 Å². The Labute approximate surface area is 133 Å². The number of carbonyl (C=O) groups is 1. The van der Waals surface area contributed by atoms with Crippen LogP contribution in [0.2, 0.25) is 0 Å². The Morgan fingerprint density at radius 3 is 2.67 bits per heavy atom. The molecule has 1 saturated heterocycles. The van der Waals surface area contributed by atoms with Crippen LogP contribution in [-0.2, 0) is 4.79 Å². The number of halogens is 1. The summed E-state index contributed by atoms with van der Waals surface area (Å²) >= 11 is 3.37. The maximum absolute atomic E-state index is 11.6. The normalized spacial score (nSPS) is 17.3. The number of nitriles is 1. The molecule has 4 nitrogen and oxygen atoms in total. The lowest BCUT2D eigenvalue weighted by Crippen LogP contribution is -2.44. The zero-order valence-electron chi connectivity index (χ0n) is 12.1. The molecule has 1 aliphatic heterocycles. The molecule has 0 spiro atoms.